The van der Waals surface area contributed by atoms with Crippen molar-refractivity contribution in [3.8, 4) is 0 Å². The number of likely N-dealkylation sites (tertiary alicyclic amines) is 1. The molecule has 0 aromatic carbocycles. The summed E-state index contributed by atoms with van der Waals surface area (Å²) in [5, 5.41) is 7.52. The highest BCUT2D eigenvalue weighted by molar-refractivity contribution is 7.07. The lowest BCUT2D eigenvalue weighted by atomic mass is 9.97. The lowest BCUT2D eigenvalue weighted by molar-refractivity contribution is 0.0120. The van der Waals surface area contributed by atoms with Crippen LogP contribution in [0.3, 0.4) is 0 Å². The van der Waals surface area contributed by atoms with Crippen LogP contribution in [0.15, 0.2) is 35.2 Å². The second kappa shape index (κ2) is 6.19. The van der Waals surface area contributed by atoms with Gasteiger partial charge in [0.15, 0.2) is 11.6 Å². The lowest BCUT2D eigenvalue weighted by Crippen LogP contribution is -2.33. The molecule has 0 aliphatic carbocycles. The Morgan fingerprint density at radius 1 is 1.48 bits per heavy atom. The van der Waals surface area contributed by atoms with Crippen LogP contribution in [0.5, 0.6) is 0 Å². The number of nitrogens with zero attached hydrogens (tertiary/aromatic N) is 2. The van der Waals surface area contributed by atoms with Crippen molar-refractivity contribution in [3.63, 3.8) is 0 Å². The number of aromatic nitrogens is 1. The molecule has 1 spiro atoms. The van der Waals surface area contributed by atoms with E-state index in [2.05, 4.69) is 32.0 Å². The van der Waals surface area contributed by atoms with E-state index in [1.54, 1.807) is 23.6 Å². The Morgan fingerprint density at radius 3 is 3.26 bits per heavy atom. The molecular formula is C17H20FN3OS. The Balaban J connectivity index is 1.36. The van der Waals surface area contributed by atoms with Crippen LogP contribution >= 0.6 is 11.3 Å². The molecule has 122 valence electrons. The zero-order valence-electron chi connectivity index (χ0n) is 12.9. The van der Waals surface area contributed by atoms with Gasteiger partial charge in [-0.05, 0) is 40.9 Å². The number of ether oxygens (including phenoxy) is 1. The average molecular weight is 333 g/mol. The van der Waals surface area contributed by atoms with E-state index in [0.717, 1.165) is 32.5 Å². The normalized spacial score (nSPS) is 27.8. The summed E-state index contributed by atoms with van der Waals surface area (Å²) >= 11 is 1.74. The number of rotatable bonds is 4. The standard InChI is InChI=1S/C17H20FN3OS/c18-15-2-1-5-19-16(15)20-14-8-17(22-10-14)4-6-21(12-17)9-13-3-7-23-11-13/h1-3,5,7,11,14H,4,6,8-10,12H2,(H,19,20)/t14-,17-/m1/s1. The maximum absolute atomic E-state index is 13.7. The van der Waals surface area contributed by atoms with E-state index in [1.807, 2.05) is 0 Å². The zero-order chi connectivity index (χ0) is 15.7. The van der Waals surface area contributed by atoms with Crippen molar-refractivity contribution in [2.45, 2.75) is 31.0 Å². The molecule has 6 heteroatoms. The fraction of sp³-hybridized carbons (Fsp3) is 0.471. The van der Waals surface area contributed by atoms with Crippen LogP contribution in [-0.4, -0.2) is 41.2 Å². The number of hydrogen-bond acceptors (Lipinski definition) is 5. The first kappa shape index (κ1) is 15.1. The van der Waals surface area contributed by atoms with E-state index in [9.17, 15) is 4.39 Å². The molecule has 4 rings (SSSR count). The smallest absolute Gasteiger partial charge is 0.165 e. The highest BCUT2D eigenvalue weighted by atomic mass is 32.1. The predicted octanol–water partition coefficient (Wildman–Crippen LogP) is 3.13. The van der Waals surface area contributed by atoms with Crippen LogP contribution in [0.25, 0.3) is 0 Å². The van der Waals surface area contributed by atoms with Crippen molar-refractivity contribution >= 4 is 17.2 Å². The summed E-state index contributed by atoms with van der Waals surface area (Å²) in [5.74, 6) is 0.0187. The molecule has 0 radical (unpaired) electrons. The molecule has 4 nitrogen and oxygen atoms in total. The highest BCUT2D eigenvalue weighted by Crippen LogP contribution is 2.36. The fourth-order valence-electron chi connectivity index (χ4n) is 3.61. The van der Waals surface area contributed by atoms with Crippen LogP contribution in [0, 0.1) is 5.82 Å². The van der Waals surface area contributed by atoms with E-state index >= 15 is 0 Å². The number of pyridine rings is 1. The Hall–Kier alpha value is -1.50. The monoisotopic (exact) mass is 333 g/mol. The van der Waals surface area contributed by atoms with Crippen molar-refractivity contribution in [3.05, 3.63) is 46.5 Å². The van der Waals surface area contributed by atoms with E-state index < -0.39 is 0 Å². The molecule has 0 amide bonds. The summed E-state index contributed by atoms with van der Waals surface area (Å²) in [5.41, 5.74) is 1.29. The average Bonchev–Trinajstić information content (AvgIpc) is 3.26. The van der Waals surface area contributed by atoms with Crippen LogP contribution in [0.2, 0.25) is 0 Å². The third-order valence-electron chi connectivity index (χ3n) is 4.69. The van der Waals surface area contributed by atoms with E-state index in [-0.39, 0.29) is 17.5 Å². The quantitative estimate of drug-likeness (QED) is 0.933. The lowest BCUT2D eigenvalue weighted by Gasteiger charge is -2.23. The van der Waals surface area contributed by atoms with Gasteiger partial charge in [-0.25, -0.2) is 9.37 Å². The minimum absolute atomic E-state index is 0.0844. The molecule has 0 bridgehead atoms. The topological polar surface area (TPSA) is 37.4 Å². The van der Waals surface area contributed by atoms with Crippen molar-refractivity contribution in [2.75, 3.05) is 25.0 Å². The van der Waals surface area contributed by atoms with E-state index in [1.165, 1.54) is 11.6 Å². The predicted molar refractivity (Wildman–Crippen MR) is 89.1 cm³/mol. The summed E-state index contributed by atoms with van der Waals surface area (Å²) in [6.07, 6.45) is 3.55. The SMILES string of the molecule is Fc1cccnc1N[C@H]1CO[C@]2(CCN(Cc3ccsc3)C2)C1. The minimum Gasteiger partial charge on any atom is -0.371 e. The summed E-state index contributed by atoms with van der Waals surface area (Å²) in [7, 11) is 0. The van der Waals surface area contributed by atoms with Crippen LogP contribution in [0.1, 0.15) is 18.4 Å². The molecule has 2 aliphatic rings. The van der Waals surface area contributed by atoms with Crippen molar-refractivity contribution in [2.24, 2.45) is 0 Å². The van der Waals surface area contributed by atoms with Gasteiger partial charge in [-0.3, -0.25) is 4.90 Å². The van der Waals surface area contributed by atoms with Crippen LogP contribution in [-0.2, 0) is 11.3 Å². The molecule has 0 unspecified atom stereocenters. The molecule has 23 heavy (non-hydrogen) atoms. The van der Waals surface area contributed by atoms with Gasteiger partial charge in [0.2, 0.25) is 0 Å². The van der Waals surface area contributed by atoms with Crippen LogP contribution < -0.4 is 5.32 Å². The maximum Gasteiger partial charge on any atom is 0.165 e. The van der Waals surface area contributed by atoms with Gasteiger partial charge in [0.25, 0.3) is 0 Å². The third-order valence-corrected chi connectivity index (χ3v) is 5.42. The van der Waals surface area contributed by atoms with Crippen molar-refractivity contribution in [1.29, 1.82) is 0 Å². The third kappa shape index (κ3) is 3.24. The second-order valence-electron chi connectivity index (χ2n) is 6.47. The van der Waals surface area contributed by atoms with Gasteiger partial charge in [0, 0.05) is 32.3 Å². The molecule has 0 saturated carbocycles. The van der Waals surface area contributed by atoms with E-state index in [0.29, 0.717) is 12.4 Å². The molecule has 2 atom stereocenters. The van der Waals surface area contributed by atoms with Gasteiger partial charge in [-0.2, -0.15) is 11.3 Å². The molecule has 1 N–H and O–H groups in total. The molecule has 2 aromatic rings. The molecular weight excluding hydrogens is 313 g/mol. The summed E-state index contributed by atoms with van der Waals surface area (Å²) in [6, 6.07) is 5.34. The summed E-state index contributed by atoms with van der Waals surface area (Å²) in [4.78, 5) is 6.52. The molecule has 2 saturated heterocycles. The first-order valence-electron chi connectivity index (χ1n) is 7.97. The number of nitrogens with one attached hydrogen (secondary N) is 1. The molecule has 2 fully saturated rings. The Bertz CT molecular complexity index is 666. The second-order valence-corrected chi connectivity index (χ2v) is 7.25. The number of hydrogen-bond donors (Lipinski definition) is 1. The summed E-state index contributed by atoms with van der Waals surface area (Å²) in [6.45, 7) is 3.61. The molecule has 2 aliphatic heterocycles. The summed E-state index contributed by atoms with van der Waals surface area (Å²) < 4.78 is 19.8. The van der Waals surface area contributed by atoms with Crippen molar-refractivity contribution < 1.29 is 9.13 Å². The largest absolute Gasteiger partial charge is 0.371 e. The number of anilines is 1. The molecule has 2 aromatic heterocycles. The number of thiophene rings is 1. The van der Waals surface area contributed by atoms with Crippen LogP contribution in [0.4, 0.5) is 10.2 Å². The Morgan fingerprint density at radius 2 is 2.43 bits per heavy atom. The first-order chi connectivity index (χ1) is 11.2. The first-order valence-corrected chi connectivity index (χ1v) is 8.91. The fourth-order valence-corrected chi connectivity index (χ4v) is 4.27. The van der Waals surface area contributed by atoms with Gasteiger partial charge in [-0.1, -0.05) is 0 Å². The Labute approximate surface area is 139 Å². The van der Waals surface area contributed by atoms with Gasteiger partial charge in [0.05, 0.1) is 18.2 Å². The molecule has 4 heterocycles. The maximum atomic E-state index is 13.7. The van der Waals surface area contributed by atoms with Gasteiger partial charge in [0.1, 0.15) is 0 Å². The number of halogens is 1. The zero-order valence-corrected chi connectivity index (χ0v) is 13.7. The van der Waals surface area contributed by atoms with Gasteiger partial charge >= 0.3 is 0 Å². The van der Waals surface area contributed by atoms with Gasteiger partial charge < -0.3 is 10.1 Å². The Kier molecular flexibility index (Phi) is 4.05. The highest BCUT2D eigenvalue weighted by Gasteiger charge is 2.45. The van der Waals surface area contributed by atoms with Crippen molar-refractivity contribution in [1.82, 2.24) is 9.88 Å². The minimum atomic E-state index is -0.307. The van der Waals surface area contributed by atoms with Gasteiger partial charge in [-0.15, -0.1) is 0 Å². The van der Waals surface area contributed by atoms with E-state index in [4.69, 9.17) is 4.74 Å².